The van der Waals surface area contributed by atoms with Gasteiger partial charge in [-0.05, 0) is 56.2 Å². The molecule has 0 saturated carbocycles. The normalized spacial score (nSPS) is 13.7. The molecule has 1 aliphatic rings. The Kier molecular flexibility index (Phi) is 5.76. The third-order valence-electron chi connectivity index (χ3n) is 5.52. The van der Waals surface area contributed by atoms with Gasteiger partial charge in [-0.25, -0.2) is 4.90 Å². The Hall–Kier alpha value is -3.57. The number of benzene rings is 3. The highest BCUT2D eigenvalue weighted by Crippen LogP contribution is 2.38. The topological polar surface area (TPSA) is 58.6 Å². The molecule has 162 valence electrons. The number of carbonyl (C=O) groups excluding carboxylic acids is 2. The summed E-state index contributed by atoms with van der Waals surface area (Å²) < 4.78 is 5.49. The van der Waals surface area contributed by atoms with Crippen molar-refractivity contribution in [2.75, 3.05) is 17.3 Å². The predicted octanol–water partition coefficient (Wildman–Crippen LogP) is 5.67. The fourth-order valence-corrected chi connectivity index (χ4v) is 3.97. The summed E-state index contributed by atoms with van der Waals surface area (Å²) >= 11 is 6.29. The van der Waals surface area contributed by atoms with Gasteiger partial charge in [-0.1, -0.05) is 53.6 Å². The summed E-state index contributed by atoms with van der Waals surface area (Å²) in [6.07, 6.45) is 0. The summed E-state index contributed by atoms with van der Waals surface area (Å²) in [5.41, 5.74) is 5.10. The van der Waals surface area contributed by atoms with Gasteiger partial charge in [0.1, 0.15) is 11.4 Å². The molecule has 0 spiro atoms. The Morgan fingerprint density at radius 1 is 0.875 bits per heavy atom. The SMILES string of the molecule is COc1ccccc1C1=C(Nc2ccc(C)cc2C)C(=O)N(c2ccc(C)c(Cl)c2)C1=O. The highest BCUT2D eigenvalue weighted by Gasteiger charge is 2.41. The number of methoxy groups -OCH3 is 1. The summed E-state index contributed by atoms with van der Waals surface area (Å²) in [4.78, 5) is 28.4. The van der Waals surface area contributed by atoms with Crippen LogP contribution in [0.25, 0.3) is 5.57 Å². The molecule has 0 aliphatic carbocycles. The van der Waals surface area contributed by atoms with Gasteiger partial charge in [0.05, 0.1) is 18.4 Å². The van der Waals surface area contributed by atoms with Crippen molar-refractivity contribution in [3.8, 4) is 5.75 Å². The van der Waals surface area contributed by atoms with Crippen LogP contribution < -0.4 is 15.0 Å². The summed E-state index contributed by atoms with van der Waals surface area (Å²) in [6.45, 7) is 5.83. The van der Waals surface area contributed by atoms with Gasteiger partial charge in [-0.15, -0.1) is 0 Å². The van der Waals surface area contributed by atoms with Gasteiger partial charge >= 0.3 is 0 Å². The van der Waals surface area contributed by atoms with Gasteiger partial charge < -0.3 is 10.1 Å². The Bertz CT molecular complexity index is 1280. The van der Waals surface area contributed by atoms with Crippen LogP contribution in [-0.2, 0) is 9.59 Å². The van der Waals surface area contributed by atoms with E-state index in [4.69, 9.17) is 16.3 Å². The Morgan fingerprint density at radius 3 is 2.31 bits per heavy atom. The number of halogens is 1. The second kappa shape index (κ2) is 8.52. The predicted molar refractivity (Wildman–Crippen MR) is 128 cm³/mol. The van der Waals surface area contributed by atoms with Crippen LogP contribution in [0.4, 0.5) is 11.4 Å². The second-order valence-electron chi connectivity index (χ2n) is 7.77. The third kappa shape index (κ3) is 3.76. The van der Waals surface area contributed by atoms with Crippen molar-refractivity contribution < 1.29 is 14.3 Å². The van der Waals surface area contributed by atoms with Crippen LogP contribution >= 0.6 is 11.6 Å². The first-order chi connectivity index (χ1) is 15.3. The van der Waals surface area contributed by atoms with E-state index >= 15 is 0 Å². The molecular formula is C26H23ClN2O3. The molecule has 0 bridgehead atoms. The quantitative estimate of drug-likeness (QED) is 0.513. The Labute approximate surface area is 192 Å². The number of anilines is 2. The van der Waals surface area contributed by atoms with Gasteiger partial charge in [0.2, 0.25) is 0 Å². The minimum atomic E-state index is -0.448. The lowest BCUT2D eigenvalue weighted by molar-refractivity contribution is -0.120. The molecule has 0 fully saturated rings. The molecule has 4 rings (SSSR count). The van der Waals surface area contributed by atoms with Crippen LogP contribution in [0.15, 0.2) is 66.4 Å². The molecule has 1 N–H and O–H groups in total. The largest absolute Gasteiger partial charge is 0.496 e. The van der Waals surface area contributed by atoms with Crippen molar-refractivity contribution in [2.24, 2.45) is 0 Å². The standard InChI is InChI=1S/C26H23ClN2O3/c1-15-9-12-21(17(3)13-15)28-24-23(19-7-5-6-8-22(19)32-4)25(30)29(26(24)31)18-11-10-16(2)20(27)14-18/h5-14,28H,1-4H3. The number of hydrogen-bond acceptors (Lipinski definition) is 4. The fraction of sp³-hybridized carbons (Fsp3) is 0.154. The average molecular weight is 447 g/mol. The number of aryl methyl sites for hydroxylation is 3. The van der Waals surface area contributed by atoms with E-state index in [2.05, 4.69) is 5.32 Å². The first-order valence-corrected chi connectivity index (χ1v) is 10.6. The first kappa shape index (κ1) is 21.7. The minimum Gasteiger partial charge on any atom is -0.496 e. The van der Waals surface area contributed by atoms with E-state index in [-0.39, 0.29) is 11.3 Å². The van der Waals surface area contributed by atoms with Crippen molar-refractivity contribution in [1.82, 2.24) is 0 Å². The van der Waals surface area contributed by atoms with Crippen LogP contribution in [0.1, 0.15) is 22.3 Å². The number of carbonyl (C=O) groups is 2. The zero-order valence-corrected chi connectivity index (χ0v) is 19.1. The van der Waals surface area contributed by atoms with E-state index in [1.54, 1.807) is 30.3 Å². The smallest absolute Gasteiger partial charge is 0.282 e. The maximum absolute atomic E-state index is 13.6. The van der Waals surface area contributed by atoms with E-state index in [0.29, 0.717) is 22.0 Å². The molecule has 0 radical (unpaired) electrons. The lowest BCUT2D eigenvalue weighted by atomic mass is 10.0. The van der Waals surface area contributed by atoms with Crippen molar-refractivity contribution in [2.45, 2.75) is 20.8 Å². The zero-order chi connectivity index (χ0) is 23.0. The van der Waals surface area contributed by atoms with Crippen LogP contribution in [-0.4, -0.2) is 18.9 Å². The zero-order valence-electron chi connectivity index (χ0n) is 18.3. The molecule has 0 saturated heterocycles. The number of para-hydroxylation sites is 1. The maximum Gasteiger partial charge on any atom is 0.282 e. The van der Waals surface area contributed by atoms with Crippen molar-refractivity contribution in [3.63, 3.8) is 0 Å². The molecule has 1 heterocycles. The number of imide groups is 1. The second-order valence-corrected chi connectivity index (χ2v) is 8.18. The van der Waals surface area contributed by atoms with Crippen LogP contribution in [0.2, 0.25) is 5.02 Å². The van der Waals surface area contributed by atoms with Crippen LogP contribution in [0, 0.1) is 20.8 Å². The van der Waals surface area contributed by atoms with Crippen LogP contribution in [0.3, 0.4) is 0 Å². The molecule has 3 aromatic carbocycles. The van der Waals surface area contributed by atoms with Gasteiger partial charge in [0.15, 0.2) is 0 Å². The van der Waals surface area contributed by atoms with E-state index in [1.165, 1.54) is 7.11 Å². The molecule has 3 aromatic rings. The maximum atomic E-state index is 13.6. The van der Waals surface area contributed by atoms with E-state index in [9.17, 15) is 9.59 Å². The molecule has 6 heteroatoms. The number of nitrogens with zero attached hydrogens (tertiary/aromatic N) is 1. The average Bonchev–Trinajstić information content (AvgIpc) is 3.01. The highest BCUT2D eigenvalue weighted by atomic mass is 35.5. The minimum absolute atomic E-state index is 0.197. The summed E-state index contributed by atoms with van der Waals surface area (Å²) in [5.74, 6) is -0.380. The van der Waals surface area contributed by atoms with Crippen LogP contribution in [0.5, 0.6) is 5.75 Å². The first-order valence-electron chi connectivity index (χ1n) is 10.2. The lowest BCUT2D eigenvalue weighted by Crippen LogP contribution is -2.32. The van der Waals surface area contributed by atoms with Gasteiger partial charge in [-0.3, -0.25) is 9.59 Å². The van der Waals surface area contributed by atoms with E-state index in [0.717, 1.165) is 27.3 Å². The fourth-order valence-electron chi connectivity index (χ4n) is 3.79. The van der Waals surface area contributed by atoms with Crippen molar-refractivity contribution >= 4 is 40.4 Å². The summed E-state index contributed by atoms with van der Waals surface area (Å²) in [7, 11) is 1.54. The molecule has 1 aliphatic heterocycles. The number of ether oxygens (including phenoxy) is 1. The molecule has 2 amide bonds. The number of nitrogens with one attached hydrogen (secondary N) is 1. The van der Waals surface area contributed by atoms with Gasteiger partial charge in [-0.2, -0.15) is 0 Å². The van der Waals surface area contributed by atoms with E-state index in [1.807, 2.05) is 51.1 Å². The van der Waals surface area contributed by atoms with E-state index < -0.39 is 11.8 Å². The summed E-state index contributed by atoms with van der Waals surface area (Å²) in [6, 6.07) is 18.2. The molecular weight excluding hydrogens is 424 g/mol. The highest BCUT2D eigenvalue weighted by molar-refractivity contribution is 6.46. The van der Waals surface area contributed by atoms with Gasteiger partial charge in [0.25, 0.3) is 11.8 Å². The Balaban J connectivity index is 1.88. The third-order valence-corrected chi connectivity index (χ3v) is 5.92. The molecule has 5 nitrogen and oxygen atoms in total. The number of hydrogen-bond donors (Lipinski definition) is 1. The monoisotopic (exact) mass is 446 g/mol. The molecule has 0 aromatic heterocycles. The van der Waals surface area contributed by atoms with Crippen molar-refractivity contribution in [3.05, 3.63) is 93.6 Å². The molecule has 0 unspecified atom stereocenters. The van der Waals surface area contributed by atoms with Gasteiger partial charge in [0, 0.05) is 16.3 Å². The van der Waals surface area contributed by atoms with Crippen molar-refractivity contribution in [1.29, 1.82) is 0 Å². The number of amides is 2. The lowest BCUT2D eigenvalue weighted by Gasteiger charge is -2.17. The Morgan fingerprint density at radius 2 is 1.62 bits per heavy atom. The molecule has 0 atom stereocenters. The number of rotatable bonds is 5. The molecule has 32 heavy (non-hydrogen) atoms. The summed E-state index contributed by atoms with van der Waals surface area (Å²) in [5, 5.41) is 3.71.